The zero-order chi connectivity index (χ0) is 14.4. The first kappa shape index (κ1) is 12.7. The van der Waals surface area contributed by atoms with Gasteiger partial charge in [-0.15, -0.1) is 0 Å². The van der Waals surface area contributed by atoms with E-state index in [1.54, 1.807) is 0 Å². The fraction of sp³-hybridized carbons (Fsp3) is 0.357. The Morgan fingerprint density at radius 1 is 1.30 bits per heavy atom. The van der Waals surface area contributed by atoms with E-state index >= 15 is 0 Å². The van der Waals surface area contributed by atoms with Gasteiger partial charge in [0.1, 0.15) is 5.58 Å². The van der Waals surface area contributed by atoms with Crippen molar-refractivity contribution in [2.45, 2.75) is 32.6 Å². The van der Waals surface area contributed by atoms with Crippen molar-refractivity contribution in [3.63, 3.8) is 0 Å². The molecule has 1 aliphatic carbocycles. The van der Waals surface area contributed by atoms with Gasteiger partial charge in [-0.25, -0.2) is 4.79 Å². The van der Waals surface area contributed by atoms with Crippen LogP contribution in [-0.4, -0.2) is 10.0 Å². The van der Waals surface area contributed by atoms with E-state index in [4.69, 9.17) is 4.42 Å². The lowest BCUT2D eigenvalue weighted by molar-refractivity contribution is -0.386. The van der Waals surface area contributed by atoms with Crippen LogP contribution < -0.4 is 5.63 Å². The van der Waals surface area contributed by atoms with Crippen molar-refractivity contribution in [1.82, 2.24) is 0 Å². The lowest BCUT2D eigenvalue weighted by atomic mass is 9.89. The monoisotopic (exact) mass is 275 g/mol. The highest BCUT2D eigenvalue weighted by atomic mass is 16.6. The van der Waals surface area contributed by atoms with Crippen molar-refractivity contribution in [3.05, 3.63) is 43.3 Å². The minimum atomic E-state index is -0.607. The summed E-state index contributed by atoms with van der Waals surface area (Å²) in [6, 6.07) is 1.45. The highest BCUT2D eigenvalue weighted by Gasteiger charge is 2.27. The van der Waals surface area contributed by atoms with Crippen molar-refractivity contribution in [1.29, 1.82) is 0 Å². The number of aromatic hydroxyl groups is 1. The predicted octanol–water partition coefficient (Wildman–Crippen LogP) is 2.59. The zero-order valence-electron chi connectivity index (χ0n) is 10.9. The average Bonchev–Trinajstić information content (AvgIpc) is 2.37. The van der Waals surface area contributed by atoms with Gasteiger partial charge in [-0.05, 0) is 44.2 Å². The van der Waals surface area contributed by atoms with Crippen molar-refractivity contribution in [2.24, 2.45) is 0 Å². The Labute approximate surface area is 113 Å². The van der Waals surface area contributed by atoms with Gasteiger partial charge in [0.05, 0.1) is 10.3 Å². The van der Waals surface area contributed by atoms with E-state index in [0.717, 1.165) is 12.8 Å². The van der Waals surface area contributed by atoms with Gasteiger partial charge < -0.3 is 9.52 Å². The van der Waals surface area contributed by atoms with Crippen molar-refractivity contribution < 1.29 is 14.4 Å². The Balaban J connectivity index is 2.49. The van der Waals surface area contributed by atoms with Gasteiger partial charge >= 0.3 is 11.3 Å². The molecule has 1 aromatic heterocycles. The number of benzene rings is 1. The second-order valence-corrected chi connectivity index (χ2v) is 5.07. The smallest absolute Gasteiger partial charge is 0.339 e. The maximum absolute atomic E-state index is 11.9. The van der Waals surface area contributed by atoms with Gasteiger partial charge in [-0.3, -0.25) is 10.1 Å². The number of aryl methyl sites for hydroxylation is 2. The molecule has 3 rings (SSSR count). The van der Waals surface area contributed by atoms with Gasteiger partial charge in [-0.1, -0.05) is 0 Å². The molecule has 6 heteroatoms. The molecule has 0 atom stereocenters. The molecule has 0 saturated carbocycles. The highest BCUT2D eigenvalue weighted by molar-refractivity contribution is 5.92. The first-order valence-corrected chi connectivity index (χ1v) is 6.46. The molecular weight excluding hydrogens is 262 g/mol. The number of hydrogen-bond donors (Lipinski definition) is 1. The maximum atomic E-state index is 11.9. The normalized spacial score (nSPS) is 14.2. The van der Waals surface area contributed by atoms with Crippen LogP contribution in [0.5, 0.6) is 5.75 Å². The van der Waals surface area contributed by atoms with Crippen molar-refractivity contribution >= 4 is 16.7 Å². The summed E-state index contributed by atoms with van der Waals surface area (Å²) in [6.45, 7) is 1.51. The van der Waals surface area contributed by atoms with Gasteiger partial charge in [0.15, 0.2) is 0 Å². The lowest BCUT2D eigenvalue weighted by Gasteiger charge is -2.17. The van der Waals surface area contributed by atoms with Crippen LogP contribution in [0.3, 0.4) is 0 Å². The molecule has 0 fully saturated rings. The number of fused-ring (bicyclic) bond motifs is 3. The molecule has 2 aromatic rings. The van der Waals surface area contributed by atoms with Crippen LogP contribution in [0.25, 0.3) is 11.0 Å². The quantitative estimate of drug-likeness (QED) is 0.490. The molecule has 0 saturated heterocycles. The molecule has 1 N–H and O–H groups in total. The summed E-state index contributed by atoms with van der Waals surface area (Å²) in [7, 11) is 0. The highest BCUT2D eigenvalue weighted by Crippen LogP contribution is 2.40. The molecule has 0 amide bonds. The largest absolute Gasteiger partial charge is 0.502 e. The number of phenols is 1. The minimum absolute atomic E-state index is 0.219. The van der Waals surface area contributed by atoms with Gasteiger partial charge in [0, 0.05) is 11.1 Å². The SMILES string of the molecule is Cc1cc2oc(=O)c3c(c2c(O)c1[N+](=O)[O-])CCCC3. The molecule has 0 unspecified atom stereocenters. The van der Waals surface area contributed by atoms with Crippen LogP contribution in [0, 0.1) is 17.0 Å². The molecule has 0 bridgehead atoms. The van der Waals surface area contributed by atoms with E-state index in [9.17, 15) is 20.0 Å². The summed E-state index contributed by atoms with van der Waals surface area (Å²) < 4.78 is 5.22. The molecule has 0 radical (unpaired) electrons. The number of hydrogen-bond acceptors (Lipinski definition) is 5. The zero-order valence-corrected chi connectivity index (χ0v) is 10.9. The van der Waals surface area contributed by atoms with E-state index in [2.05, 4.69) is 0 Å². The third-order valence-electron chi connectivity index (χ3n) is 3.83. The molecule has 0 spiro atoms. The predicted molar refractivity (Wildman–Crippen MR) is 72.2 cm³/mol. The second-order valence-electron chi connectivity index (χ2n) is 5.07. The summed E-state index contributed by atoms with van der Waals surface area (Å²) in [5.74, 6) is -0.396. The van der Waals surface area contributed by atoms with E-state index in [0.29, 0.717) is 29.4 Å². The van der Waals surface area contributed by atoms with Crippen LogP contribution in [0.15, 0.2) is 15.3 Å². The average molecular weight is 275 g/mol. The third-order valence-corrected chi connectivity index (χ3v) is 3.83. The second kappa shape index (κ2) is 4.33. The fourth-order valence-electron chi connectivity index (χ4n) is 2.93. The van der Waals surface area contributed by atoms with E-state index in [1.807, 2.05) is 0 Å². The number of nitrogens with zero attached hydrogens (tertiary/aromatic N) is 1. The van der Waals surface area contributed by atoms with E-state index in [-0.39, 0.29) is 16.8 Å². The maximum Gasteiger partial charge on any atom is 0.339 e. The van der Waals surface area contributed by atoms with E-state index in [1.165, 1.54) is 13.0 Å². The van der Waals surface area contributed by atoms with Crippen molar-refractivity contribution in [3.8, 4) is 5.75 Å². The summed E-state index contributed by atoms with van der Waals surface area (Å²) >= 11 is 0. The van der Waals surface area contributed by atoms with E-state index < -0.39 is 16.3 Å². The molecule has 6 nitrogen and oxygen atoms in total. The van der Waals surface area contributed by atoms with Crippen LogP contribution >= 0.6 is 0 Å². The number of phenolic OH excluding ortho intramolecular Hbond substituents is 1. The summed E-state index contributed by atoms with van der Waals surface area (Å²) in [4.78, 5) is 22.4. The first-order chi connectivity index (χ1) is 9.50. The molecule has 1 aromatic carbocycles. The van der Waals surface area contributed by atoms with Gasteiger partial charge in [-0.2, -0.15) is 0 Å². The standard InChI is InChI=1S/C14H13NO5/c1-7-6-10-11(13(16)12(7)15(18)19)8-4-2-3-5-9(8)14(17)20-10/h6,16H,2-5H2,1H3. The summed E-state index contributed by atoms with van der Waals surface area (Å²) in [5, 5.41) is 21.6. The molecule has 0 aliphatic heterocycles. The molecule has 20 heavy (non-hydrogen) atoms. The minimum Gasteiger partial charge on any atom is -0.502 e. The first-order valence-electron chi connectivity index (χ1n) is 6.46. The Morgan fingerprint density at radius 3 is 2.60 bits per heavy atom. The third kappa shape index (κ3) is 1.68. The molecule has 104 valence electrons. The lowest BCUT2D eigenvalue weighted by Crippen LogP contribution is -2.16. The summed E-state index contributed by atoms with van der Waals surface area (Å²) in [5.41, 5.74) is 1.01. The number of nitro benzene ring substituents is 1. The van der Waals surface area contributed by atoms with Crippen LogP contribution in [0.2, 0.25) is 0 Å². The Kier molecular flexibility index (Phi) is 2.74. The fourth-order valence-corrected chi connectivity index (χ4v) is 2.93. The summed E-state index contributed by atoms with van der Waals surface area (Å²) in [6.07, 6.45) is 3.00. The number of rotatable bonds is 1. The molecule has 1 aliphatic rings. The topological polar surface area (TPSA) is 93.6 Å². The Hall–Kier alpha value is -2.37. The van der Waals surface area contributed by atoms with Gasteiger partial charge in [0.2, 0.25) is 5.75 Å². The molecule has 1 heterocycles. The molecular formula is C14H13NO5. The van der Waals surface area contributed by atoms with Crippen LogP contribution in [0.4, 0.5) is 5.69 Å². The van der Waals surface area contributed by atoms with Crippen molar-refractivity contribution in [2.75, 3.05) is 0 Å². The Morgan fingerprint density at radius 2 is 1.95 bits per heavy atom. The Bertz CT molecular complexity index is 790. The van der Waals surface area contributed by atoms with Gasteiger partial charge in [0.25, 0.3) is 0 Å². The van der Waals surface area contributed by atoms with Crippen LogP contribution in [0.1, 0.15) is 29.5 Å². The number of nitro groups is 1. The van der Waals surface area contributed by atoms with Crippen LogP contribution in [-0.2, 0) is 12.8 Å².